The Morgan fingerprint density at radius 1 is 1.56 bits per heavy atom. The molecule has 2 unspecified atom stereocenters. The molecule has 16 heavy (non-hydrogen) atoms. The largest absolute Gasteiger partial charge is 0.352 e. The minimum Gasteiger partial charge on any atom is -0.352 e. The molecule has 0 aliphatic heterocycles. The Morgan fingerprint density at radius 3 is 2.81 bits per heavy atom. The van der Waals surface area contributed by atoms with E-state index in [1.54, 1.807) is 18.2 Å². The third-order valence-electron chi connectivity index (χ3n) is 2.93. The molecule has 1 fully saturated rings. The molecule has 1 N–H and O–H groups in total. The molecule has 1 aliphatic carbocycles. The van der Waals surface area contributed by atoms with E-state index in [0.29, 0.717) is 16.5 Å². The lowest BCUT2D eigenvalue weighted by Gasteiger charge is -2.05. The Balaban J connectivity index is 1.97. The van der Waals surface area contributed by atoms with Crippen molar-refractivity contribution < 1.29 is 4.79 Å². The highest BCUT2D eigenvalue weighted by atomic mass is 79.9. The first-order chi connectivity index (χ1) is 7.56. The molecule has 1 saturated carbocycles. The van der Waals surface area contributed by atoms with Crippen molar-refractivity contribution >= 4 is 33.4 Å². The first-order valence-electron chi connectivity index (χ1n) is 5.30. The van der Waals surface area contributed by atoms with E-state index in [-0.39, 0.29) is 5.91 Å². The number of benzene rings is 1. The molecule has 86 valence electrons. The molecule has 2 atom stereocenters. The molecular weight excluding hydrogens is 289 g/mol. The van der Waals surface area contributed by atoms with Gasteiger partial charge in [0.15, 0.2) is 0 Å². The van der Waals surface area contributed by atoms with Gasteiger partial charge in [0.25, 0.3) is 5.91 Å². The number of amides is 1. The molecule has 0 heterocycles. The highest BCUT2D eigenvalue weighted by Gasteiger charge is 2.32. The zero-order valence-corrected chi connectivity index (χ0v) is 11.3. The molecule has 2 rings (SSSR count). The molecule has 1 aromatic rings. The van der Waals surface area contributed by atoms with Gasteiger partial charge >= 0.3 is 0 Å². The van der Waals surface area contributed by atoms with Crippen LogP contribution in [0.4, 0.5) is 0 Å². The molecule has 1 aliphatic rings. The fourth-order valence-corrected chi connectivity index (χ4v) is 2.55. The number of carbonyl (C=O) groups excluding carboxylic acids is 1. The fourth-order valence-electron chi connectivity index (χ4n) is 1.69. The number of hydrogen-bond donors (Lipinski definition) is 1. The third-order valence-corrected chi connectivity index (χ3v) is 3.60. The van der Waals surface area contributed by atoms with Crippen molar-refractivity contribution in [1.82, 2.24) is 5.32 Å². The molecule has 0 radical (unpaired) electrons. The van der Waals surface area contributed by atoms with Crippen molar-refractivity contribution in [2.45, 2.75) is 13.3 Å². The van der Waals surface area contributed by atoms with Crippen LogP contribution in [0.15, 0.2) is 22.7 Å². The maximum absolute atomic E-state index is 11.8. The first kappa shape index (κ1) is 11.9. The van der Waals surface area contributed by atoms with Crippen molar-refractivity contribution in [2.24, 2.45) is 11.8 Å². The molecule has 0 bridgehead atoms. The van der Waals surface area contributed by atoms with Crippen LogP contribution >= 0.6 is 27.5 Å². The van der Waals surface area contributed by atoms with Gasteiger partial charge in [-0.25, -0.2) is 0 Å². The van der Waals surface area contributed by atoms with E-state index < -0.39 is 0 Å². The summed E-state index contributed by atoms with van der Waals surface area (Å²) in [6.45, 7) is 2.97. The predicted octanol–water partition coefficient (Wildman–Crippen LogP) is 3.49. The quantitative estimate of drug-likeness (QED) is 0.910. The molecule has 4 heteroatoms. The van der Waals surface area contributed by atoms with Crippen LogP contribution in [0.5, 0.6) is 0 Å². The van der Waals surface area contributed by atoms with Crippen LogP contribution in [0, 0.1) is 11.8 Å². The minimum absolute atomic E-state index is 0.0534. The lowest BCUT2D eigenvalue weighted by atomic mass is 10.2. The van der Waals surface area contributed by atoms with Crippen molar-refractivity contribution in [3.8, 4) is 0 Å². The summed E-state index contributed by atoms with van der Waals surface area (Å²) in [5.74, 6) is 1.36. The second kappa shape index (κ2) is 4.76. The Bertz CT molecular complexity index is 401. The molecule has 2 nitrogen and oxygen atoms in total. The van der Waals surface area contributed by atoms with E-state index in [9.17, 15) is 4.79 Å². The summed E-state index contributed by atoms with van der Waals surface area (Å²) >= 11 is 9.20. The van der Waals surface area contributed by atoms with Gasteiger partial charge in [0.1, 0.15) is 0 Å². The highest BCUT2D eigenvalue weighted by Crippen LogP contribution is 2.36. The van der Waals surface area contributed by atoms with Crippen LogP contribution in [-0.2, 0) is 0 Å². The molecule has 1 aromatic carbocycles. The Hall–Kier alpha value is -0.540. The fraction of sp³-hybridized carbons (Fsp3) is 0.417. The zero-order chi connectivity index (χ0) is 11.7. The summed E-state index contributed by atoms with van der Waals surface area (Å²) in [6.07, 6.45) is 1.22. The van der Waals surface area contributed by atoms with E-state index >= 15 is 0 Å². The van der Waals surface area contributed by atoms with E-state index in [2.05, 4.69) is 28.2 Å². The maximum Gasteiger partial charge on any atom is 0.251 e. The lowest BCUT2D eigenvalue weighted by molar-refractivity contribution is 0.0951. The van der Waals surface area contributed by atoms with Gasteiger partial charge in [0, 0.05) is 21.6 Å². The van der Waals surface area contributed by atoms with Crippen LogP contribution in [0.3, 0.4) is 0 Å². The topological polar surface area (TPSA) is 29.1 Å². The Morgan fingerprint density at radius 2 is 2.25 bits per heavy atom. The van der Waals surface area contributed by atoms with Crippen LogP contribution in [0.1, 0.15) is 23.7 Å². The van der Waals surface area contributed by atoms with Crippen molar-refractivity contribution in [3.05, 3.63) is 33.3 Å². The van der Waals surface area contributed by atoms with Gasteiger partial charge < -0.3 is 5.32 Å². The SMILES string of the molecule is CC1CC1CNC(=O)c1cc(Cl)cc(Br)c1. The predicted molar refractivity (Wildman–Crippen MR) is 68.8 cm³/mol. The van der Waals surface area contributed by atoms with Crippen LogP contribution in [0.25, 0.3) is 0 Å². The molecule has 1 amide bonds. The van der Waals surface area contributed by atoms with Crippen LogP contribution < -0.4 is 5.32 Å². The van der Waals surface area contributed by atoms with Gasteiger partial charge in [-0.1, -0.05) is 34.5 Å². The second-order valence-corrected chi connectivity index (χ2v) is 5.69. The second-order valence-electron chi connectivity index (χ2n) is 4.34. The summed E-state index contributed by atoms with van der Waals surface area (Å²) in [4.78, 5) is 11.8. The summed E-state index contributed by atoms with van der Waals surface area (Å²) in [7, 11) is 0. The van der Waals surface area contributed by atoms with E-state index in [1.165, 1.54) is 6.42 Å². The number of nitrogens with one attached hydrogen (secondary N) is 1. The summed E-state index contributed by atoms with van der Waals surface area (Å²) in [5, 5.41) is 3.50. The zero-order valence-electron chi connectivity index (χ0n) is 8.97. The number of hydrogen-bond acceptors (Lipinski definition) is 1. The lowest BCUT2D eigenvalue weighted by Crippen LogP contribution is -2.25. The van der Waals surface area contributed by atoms with E-state index in [0.717, 1.165) is 16.9 Å². The average Bonchev–Trinajstić information content (AvgIpc) is 2.89. The number of halogens is 2. The first-order valence-corrected chi connectivity index (χ1v) is 6.47. The van der Waals surface area contributed by atoms with Crippen molar-refractivity contribution in [1.29, 1.82) is 0 Å². The van der Waals surface area contributed by atoms with Gasteiger partial charge in [-0.3, -0.25) is 4.79 Å². The minimum atomic E-state index is -0.0534. The van der Waals surface area contributed by atoms with Gasteiger partial charge in [0.05, 0.1) is 0 Å². The van der Waals surface area contributed by atoms with Crippen LogP contribution in [0.2, 0.25) is 5.02 Å². The van der Waals surface area contributed by atoms with Gasteiger partial charge in [-0.05, 0) is 36.5 Å². The van der Waals surface area contributed by atoms with Crippen molar-refractivity contribution in [3.63, 3.8) is 0 Å². The normalized spacial score (nSPS) is 22.9. The van der Waals surface area contributed by atoms with Crippen LogP contribution in [-0.4, -0.2) is 12.5 Å². The number of rotatable bonds is 3. The molecular formula is C12H13BrClNO. The highest BCUT2D eigenvalue weighted by molar-refractivity contribution is 9.10. The van der Waals surface area contributed by atoms with Gasteiger partial charge in [-0.2, -0.15) is 0 Å². The molecule has 0 aromatic heterocycles. The third kappa shape index (κ3) is 2.98. The standard InChI is InChI=1S/C12H13BrClNO/c1-7-2-9(7)6-15-12(16)8-3-10(13)5-11(14)4-8/h3-5,7,9H,2,6H2,1H3,(H,15,16). The monoisotopic (exact) mass is 301 g/mol. The summed E-state index contributed by atoms with van der Waals surface area (Å²) in [5.41, 5.74) is 0.604. The Labute approximate surface area is 108 Å². The molecule has 0 spiro atoms. The van der Waals surface area contributed by atoms with Crippen molar-refractivity contribution in [2.75, 3.05) is 6.54 Å². The summed E-state index contributed by atoms with van der Waals surface area (Å²) < 4.78 is 0.824. The summed E-state index contributed by atoms with van der Waals surface area (Å²) in [6, 6.07) is 5.22. The maximum atomic E-state index is 11.8. The molecule has 0 saturated heterocycles. The average molecular weight is 303 g/mol. The number of carbonyl (C=O) groups is 1. The van der Waals surface area contributed by atoms with Gasteiger partial charge in [-0.15, -0.1) is 0 Å². The van der Waals surface area contributed by atoms with Gasteiger partial charge in [0.2, 0.25) is 0 Å². The van der Waals surface area contributed by atoms with E-state index in [4.69, 9.17) is 11.6 Å². The smallest absolute Gasteiger partial charge is 0.251 e. The Kier molecular flexibility index (Phi) is 3.55. The van der Waals surface area contributed by atoms with E-state index in [1.807, 2.05) is 0 Å².